The standard InChI is InChI=1S/C6H11N3O5S.C2H4O2.2Na/c1-3(7)5(10)8-4-2-9(6(4)11)15(12,13)14;1-2(3)4;;/h3-4H,2,7H2,1H3,(H,8,10)(H,12,13,14);1H3,(H,3,4);;/q;;2*+1/p-2/t3-,4?;;;/m0.../s1. The van der Waals surface area contributed by atoms with Gasteiger partial charge in [0.1, 0.15) is 6.04 Å². The molecule has 0 aliphatic carbocycles. The summed E-state index contributed by atoms with van der Waals surface area (Å²) in [5, 5.41) is 11.1. The summed E-state index contributed by atoms with van der Waals surface area (Å²) in [7, 11) is -4.75. The van der Waals surface area contributed by atoms with Gasteiger partial charge in [0, 0.05) is 5.97 Å². The van der Waals surface area contributed by atoms with E-state index in [-0.39, 0.29) is 70.0 Å². The van der Waals surface area contributed by atoms with Crippen molar-refractivity contribution in [3.8, 4) is 0 Å². The molecule has 1 aliphatic heterocycles. The number of carboxylic acid groups (broad SMARTS) is 1. The first-order valence-electron chi connectivity index (χ1n) is 4.97. The predicted molar refractivity (Wildman–Crippen MR) is 57.7 cm³/mol. The Kier molecular flexibility index (Phi) is 13.6. The molecule has 0 radical (unpaired) electrons. The van der Waals surface area contributed by atoms with Gasteiger partial charge in [0.25, 0.3) is 5.91 Å². The van der Waals surface area contributed by atoms with Crippen LogP contribution < -0.4 is 75.3 Å². The van der Waals surface area contributed by atoms with Crippen LogP contribution in [0.4, 0.5) is 0 Å². The summed E-state index contributed by atoms with van der Waals surface area (Å²) in [6.07, 6.45) is 0. The first-order chi connectivity index (χ1) is 8.46. The number of carbonyl (C=O) groups excluding carboxylic acids is 3. The van der Waals surface area contributed by atoms with Crippen molar-refractivity contribution in [2.75, 3.05) is 6.54 Å². The Balaban J connectivity index is -0.000000482. The van der Waals surface area contributed by atoms with Crippen LogP contribution in [0.3, 0.4) is 0 Å². The molecule has 0 saturated carbocycles. The average molecular weight is 341 g/mol. The molecule has 1 heterocycles. The molecule has 1 saturated heterocycles. The second-order valence-electron chi connectivity index (χ2n) is 3.67. The van der Waals surface area contributed by atoms with E-state index in [4.69, 9.17) is 15.6 Å². The number of hydrogen-bond donors (Lipinski definition) is 2. The number of nitrogens with zero attached hydrogens (tertiary/aromatic N) is 1. The van der Waals surface area contributed by atoms with Gasteiger partial charge in [-0.1, -0.05) is 0 Å². The van der Waals surface area contributed by atoms with Gasteiger partial charge in [0.2, 0.25) is 5.91 Å². The van der Waals surface area contributed by atoms with Crippen LogP contribution in [-0.4, -0.2) is 53.7 Å². The molecule has 1 rings (SSSR count). The molecule has 0 bridgehead atoms. The molecular formula is C8H13N3Na2O7S. The molecular weight excluding hydrogens is 328 g/mol. The van der Waals surface area contributed by atoms with Crippen LogP contribution in [0.2, 0.25) is 0 Å². The molecule has 10 nitrogen and oxygen atoms in total. The van der Waals surface area contributed by atoms with Crippen LogP contribution in [0.25, 0.3) is 0 Å². The topological polar surface area (TPSA) is 173 Å². The minimum absolute atomic E-state index is 0. The second-order valence-corrected chi connectivity index (χ2v) is 4.96. The number of aliphatic carboxylic acids is 1. The predicted octanol–water partition coefficient (Wildman–Crippen LogP) is -10.1. The Labute approximate surface area is 166 Å². The molecule has 2 atom stereocenters. The molecule has 1 fully saturated rings. The maximum Gasteiger partial charge on any atom is 1.00 e. The summed E-state index contributed by atoms with van der Waals surface area (Å²) in [5.74, 6) is -2.59. The van der Waals surface area contributed by atoms with Gasteiger partial charge in [-0.05, 0) is 13.8 Å². The number of carbonyl (C=O) groups is 3. The van der Waals surface area contributed by atoms with Gasteiger partial charge in [0.05, 0.1) is 12.6 Å². The van der Waals surface area contributed by atoms with Gasteiger partial charge in [-0.3, -0.25) is 9.59 Å². The maximum absolute atomic E-state index is 11.1. The first-order valence-corrected chi connectivity index (χ1v) is 6.34. The molecule has 21 heavy (non-hydrogen) atoms. The van der Waals surface area contributed by atoms with E-state index in [0.717, 1.165) is 6.92 Å². The average Bonchev–Trinajstić information content (AvgIpc) is 2.19. The van der Waals surface area contributed by atoms with Crippen LogP contribution in [-0.2, 0) is 24.7 Å². The van der Waals surface area contributed by atoms with Crippen molar-refractivity contribution in [2.24, 2.45) is 5.73 Å². The number of rotatable bonds is 3. The zero-order chi connectivity index (χ0) is 15.4. The van der Waals surface area contributed by atoms with Crippen LogP contribution in [0.5, 0.6) is 0 Å². The quantitative estimate of drug-likeness (QED) is 0.289. The molecule has 0 aromatic carbocycles. The minimum atomic E-state index is -4.75. The van der Waals surface area contributed by atoms with Crippen molar-refractivity contribution in [3.63, 3.8) is 0 Å². The molecule has 2 amide bonds. The fourth-order valence-corrected chi connectivity index (χ4v) is 1.69. The third-order valence-electron chi connectivity index (χ3n) is 1.89. The van der Waals surface area contributed by atoms with Crippen LogP contribution in [0.1, 0.15) is 13.8 Å². The molecule has 110 valence electrons. The van der Waals surface area contributed by atoms with E-state index in [2.05, 4.69) is 5.32 Å². The third kappa shape index (κ3) is 9.81. The first kappa shape index (κ1) is 26.2. The molecule has 3 N–H and O–H groups in total. The van der Waals surface area contributed by atoms with Crippen molar-refractivity contribution in [2.45, 2.75) is 25.9 Å². The Morgan fingerprint density at radius 3 is 2.05 bits per heavy atom. The van der Waals surface area contributed by atoms with Crippen molar-refractivity contribution >= 4 is 28.1 Å². The number of nitrogens with two attached hydrogens (primary N) is 1. The normalized spacial score (nSPS) is 17.8. The summed E-state index contributed by atoms with van der Waals surface area (Å²) >= 11 is 0. The smallest absolute Gasteiger partial charge is 0.731 e. The van der Waals surface area contributed by atoms with E-state index < -0.39 is 40.2 Å². The van der Waals surface area contributed by atoms with Gasteiger partial charge in [-0.2, -0.15) is 0 Å². The van der Waals surface area contributed by atoms with E-state index in [1.165, 1.54) is 6.92 Å². The monoisotopic (exact) mass is 341 g/mol. The Morgan fingerprint density at radius 2 is 1.81 bits per heavy atom. The maximum atomic E-state index is 11.1. The number of carboxylic acids is 1. The summed E-state index contributed by atoms with van der Waals surface area (Å²) < 4.78 is 31.4. The van der Waals surface area contributed by atoms with Gasteiger partial charge >= 0.3 is 59.1 Å². The van der Waals surface area contributed by atoms with Crippen LogP contribution in [0, 0.1) is 0 Å². The van der Waals surface area contributed by atoms with E-state index >= 15 is 0 Å². The largest absolute Gasteiger partial charge is 1.00 e. The minimum Gasteiger partial charge on any atom is -0.731 e. The molecule has 0 spiro atoms. The summed E-state index contributed by atoms with van der Waals surface area (Å²) in [5.41, 5.74) is 5.21. The van der Waals surface area contributed by atoms with E-state index in [0.29, 0.717) is 0 Å². The van der Waals surface area contributed by atoms with Gasteiger partial charge in [-0.15, -0.1) is 0 Å². The number of hydrogen-bond acceptors (Lipinski definition) is 8. The van der Waals surface area contributed by atoms with Gasteiger partial charge in [-0.25, -0.2) is 12.7 Å². The molecule has 0 aromatic rings. The van der Waals surface area contributed by atoms with Crippen LogP contribution in [0.15, 0.2) is 0 Å². The Bertz CT molecular complexity index is 478. The SMILES string of the molecule is CC(=O)[O-].C[C@H](N)C(=O)NC1CN(S(=O)(=O)[O-])C1=O.[Na+].[Na+]. The van der Waals surface area contributed by atoms with Crippen LogP contribution >= 0.6 is 0 Å². The fraction of sp³-hybridized carbons (Fsp3) is 0.625. The molecule has 1 aliphatic rings. The fourth-order valence-electron chi connectivity index (χ4n) is 1.01. The van der Waals surface area contributed by atoms with Crippen molar-refractivity contribution in [1.29, 1.82) is 0 Å². The summed E-state index contributed by atoms with van der Waals surface area (Å²) in [6, 6.07) is -1.76. The van der Waals surface area contributed by atoms with Crippen molar-refractivity contribution in [1.82, 2.24) is 9.62 Å². The van der Waals surface area contributed by atoms with Gasteiger partial charge in [0.15, 0.2) is 10.3 Å². The zero-order valence-electron chi connectivity index (χ0n) is 12.2. The van der Waals surface area contributed by atoms with E-state index in [1.807, 2.05) is 0 Å². The second kappa shape index (κ2) is 10.9. The van der Waals surface area contributed by atoms with Crippen molar-refractivity contribution < 1.29 is 91.6 Å². The zero-order valence-corrected chi connectivity index (χ0v) is 17.0. The number of β-lactam (4-membered cyclic amide) rings is 1. The molecule has 0 aromatic heterocycles. The molecule has 1 unspecified atom stereocenters. The Morgan fingerprint density at radius 1 is 1.43 bits per heavy atom. The third-order valence-corrected chi connectivity index (χ3v) is 2.76. The summed E-state index contributed by atoms with van der Waals surface area (Å²) in [6.45, 7) is 2.06. The number of nitrogens with one attached hydrogen (secondary N) is 1. The summed E-state index contributed by atoms with van der Waals surface area (Å²) in [4.78, 5) is 31.0. The van der Waals surface area contributed by atoms with E-state index in [9.17, 15) is 22.6 Å². The van der Waals surface area contributed by atoms with Crippen molar-refractivity contribution in [3.05, 3.63) is 0 Å². The molecule has 13 heteroatoms. The van der Waals surface area contributed by atoms with E-state index in [1.54, 1.807) is 0 Å². The Hall–Kier alpha value is 0.280. The number of amides is 2. The van der Waals surface area contributed by atoms with Gasteiger partial charge < -0.3 is 25.5 Å².